The first-order valence-corrected chi connectivity index (χ1v) is 9.61. The standard InChI is InChI=1S/C24H25NO4/c1-3-27-21-13-15-23(16-14-21)29-18(2)24(26)25-20-9-11-22(12-10-20)28-17-19-7-5-4-6-8-19/h4-16,18H,3,17H2,1-2H3,(H,25,26). The number of hydrogen-bond donors (Lipinski definition) is 1. The minimum atomic E-state index is -0.637. The molecule has 1 amide bonds. The van der Waals surface area contributed by atoms with Crippen LogP contribution in [-0.4, -0.2) is 18.6 Å². The summed E-state index contributed by atoms with van der Waals surface area (Å²) >= 11 is 0. The van der Waals surface area contributed by atoms with Crippen LogP contribution in [0.5, 0.6) is 17.2 Å². The van der Waals surface area contributed by atoms with E-state index in [1.54, 1.807) is 19.1 Å². The Hall–Kier alpha value is -3.47. The second-order valence-electron chi connectivity index (χ2n) is 6.45. The van der Waals surface area contributed by atoms with Crippen LogP contribution in [0.3, 0.4) is 0 Å². The van der Waals surface area contributed by atoms with Gasteiger partial charge in [0, 0.05) is 5.69 Å². The Kier molecular flexibility index (Phi) is 7.11. The van der Waals surface area contributed by atoms with Gasteiger partial charge in [-0.15, -0.1) is 0 Å². The lowest BCUT2D eigenvalue weighted by Gasteiger charge is -2.15. The molecule has 1 N–H and O–H groups in total. The molecule has 5 nitrogen and oxygen atoms in total. The van der Waals surface area contributed by atoms with Crippen LogP contribution in [0.1, 0.15) is 19.4 Å². The van der Waals surface area contributed by atoms with Crippen LogP contribution < -0.4 is 19.5 Å². The van der Waals surface area contributed by atoms with Crippen LogP contribution in [0.4, 0.5) is 5.69 Å². The molecular weight excluding hydrogens is 366 g/mol. The number of amides is 1. The minimum absolute atomic E-state index is 0.225. The molecule has 1 atom stereocenters. The summed E-state index contributed by atoms with van der Waals surface area (Å²) < 4.78 is 16.9. The molecule has 0 aliphatic carbocycles. The van der Waals surface area contributed by atoms with Gasteiger partial charge < -0.3 is 19.5 Å². The van der Waals surface area contributed by atoms with Gasteiger partial charge in [-0.25, -0.2) is 0 Å². The molecule has 1 unspecified atom stereocenters. The quantitative estimate of drug-likeness (QED) is 0.553. The SMILES string of the molecule is CCOc1ccc(OC(C)C(=O)Nc2ccc(OCc3ccccc3)cc2)cc1. The lowest BCUT2D eigenvalue weighted by Crippen LogP contribution is -2.30. The molecule has 0 spiro atoms. The molecule has 0 bridgehead atoms. The molecule has 150 valence electrons. The summed E-state index contributed by atoms with van der Waals surface area (Å²) in [7, 11) is 0. The maximum atomic E-state index is 12.4. The van der Waals surface area contributed by atoms with Crippen molar-refractivity contribution in [3.05, 3.63) is 84.4 Å². The summed E-state index contributed by atoms with van der Waals surface area (Å²) in [5.74, 6) is 1.90. The molecular formula is C24H25NO4. The Bertz CT molecular complexity index is 892. The largest absolute Gasteiger partial charge is 0.494 e. The topological polar surface area (TPSA) is 56.8 Å². The van der Waals surface area contributed by atoms with Crippen LogP contribution >= 0.6 is 0 Å². The van der Waals surface area contributed by atoms with E-state index in [4.69, 9.17) is 14.2 Å². The predicted molar refractivity (Wildman–Crippen MR) is 114 cm³/mol. The molecule has 3 rings (SSSR count). The molecule has 0 heterocycles. The van der Waals surface area contributed by atoms with Crippen molar-refractivity contribution in [2.24, 2.45) is 0 Å². The highest BCUT2D eigenvalue weighted by molar-refractivity contribution is 5.94. The second-order valence-corrected chi connectivity index (χ2v) is 6.45. The highest BCUT2D eigenvalue weighted by Gasteiger charge is 2.15. The summed E-state index contributed by atoms with van der Waals surface area (Å²) in [6.45, 7) is 4.75. The molecule has 0 aromatic heterocycles. The number of anilines is 1. The van der Waals surface area contributed by atoms with Crippen LogP contribution in [0, 0.1) is 0 Å². The Morgan fingerprint density at radius 2 is 1.41 bits per heavy atom. The average Bonchev–Trinajstić information content (AvgIpc) is 2.75. The molecule has 3 aromatic rings. The van der Waals surface area contributed by atoms with E-state index in [-0.39, 0.29) is 5.91 Å². The van der Waals surface area contributed by atoms with Crippen molar-refractivity contribution in [1.82, 2.24) is 0 Å². The fourth-order valence-corrected chi connectivity index (χ4v) is 2.66. The van der Waals surface area contributed by atoms with Gasteiger partial charge in [0.25, 0.3) is 5.91 Å². The summed E-state index contributed by atoms with van der Waals surface area (Å²) in [6.07, 6.45) is -0.637. The third kappa shape index (κ3) is 6.28. The smallest absolute Gasteiger partial charge is 0.265 e. The van der Waals surface area contributed by atoms with Crippen molar-refractivity contribution in [3.8, 4) is 17.2 Å². The van der Waals surface area contributed by atoms with E-state index in [9.17, 15) is 4.79 Å². The number of carbonyl (C=O) groups is 1. The van der Waals surface area contributed by atoms with Crippen molar-refractivity contribution >= 4 is 11.6 Å². The molecule has 0 aliphatic heterocycles. The third-order valence-corrected chi connectivity index (χ3v) is 4.19. The summed E-state index contributed by atoms with van der Waals surface area (Å²) in [6, 6.07) is 24.4. The second kappa shape index (κ2) is 10.2. The van der Waals surface area contributed by atoms with E-state index in [1.807, 2.05) is 73.7 Å². The maximum absolute atomic E-state index is 12.4. The molecule has 0 fully saturated rings. The summed E-state index contributed by atoms with van der Waals surface area (Å²) in [5, 5.41) is 2.85. The van der Waals surface area contributed by atoms with Gasteiger partial charge in [-0.1, -0.05) is 30.3 Å². The van der Waals surface area contributed by atoms with Gasteiger partial charge in [-0.05, 0) is 67.9 Å². The van der Waals surface area contributed by atoms with Gasteiger partial charge in [0.15, 0.2) is 6.10 Å². The van der Waals surface area contributed by atoms with Gasteiger partial charge in [-0.2, -0.15) is 0 Å². The third-order valence-electron chi connectivity index (χ3n) is 4.19. The first kappa shape index (κ1) is 20.3. The first-order valence-electron chi connectivity index (χ1n) is 9.61. The van der Waals surface area contributed by atoms with Crippen molar-refractivity contribution in [2.75, 3.05) is 11.9 Å². The van der Waals surface area contributed by atoms with Gasteiger partial charge >= 0.3 is 0 Å². The Morgan fingerprint density at radius 1 is 0.828 bits per heavy atom. The van der Waals surface area contributed by atoms with Crippen molar-refractivity contribution in [3.63, 3.8) is 0 Å². The van der Waals surface area contributed by atoms with Gasteiger partial charge in [-0.3, -0.25) is 4.79 Å². The zero-order chi connectivity index (χ0) is 20.5. The molecule has 3 aromatic carbocycles. The zero-order valence-corrected chi connectivity index (χ0v) is 16.6. The Balaban J connectivity index is 1.49. The zero-order valence-electron chi connectivity index (χ0n) is 16.6. The average molecular weight is 391 g/mol. The minimum Gasteiger partial charge on any atom is -0.494 e. The van der Waals surface area contributed by atoms with Crippen LogP contribution in [0.15, 0.2) is 78.9 Å². The van der Waals surface area contributed by atoms with Crippen LogP contribution in [-0.2, 0) is 11.4 Å². The van der Waals surface area contributed by atoms with Crippen molar-refractivity contribution < 1.29 is 19.0 Å². The van der Waals surface area contributed by atoms with E-state index in [0.717, 1.165) is 17.1 Å². The molecule has 0 saturated heterocycles. The molecule has 29 heavy (non-hydrogen) atoms. The normalized spacial score (nSPS) is 11.4. The number of nitrogens with one attached hydrogen (secondary N) is 1. The van der Waals surface area contributed by atoms with E-state index >= 15 is 0 Å². The van der Waals surface area contributed by atoms with Crippen molar-refractivity contribution in [2.45, 2.75) is 26.6 Å². The fourth-order valence-electron chi connectivity index (χ4n) is 2.66. The highest BCUT2D eigenvalue weighted by Crippen LogP contribution is 2.20. The van der Waals surface area contributed by atoms with E-state index in [1.165, 1.54) is 0 Å². The number of ether oxygens (including phenoxy) is 3. The molecule has 5 heteroatoms. The predicted octanol–water partition coefficient (Wildman–Crippen LogP) is 5.07. The maximum Gasteiger partial charge on any atom is 0.265 e. The summed E-state index contributed by atoms with van der Waals surface area (Å²) in [5.41, 5.74) is 1.79. The molecule has 0 radical (unpaired) electrons. The first-order chi connectivity index (χ1) is 14.1. The van der Waals surface area contributed by atoms with Crippen LogP contribution in [0.25, 0.3) is 0 Å². The van der Waals surface area contributed by atoms with Crippen LogP contribution in [0.2, 0.25) is 0 Å². The van der Waals surface area contributed by atoms with Crippen molar-refractivity contribution in [1.29, 1.82) is 0 Å². The molecule has 0 aliphatic rings. The number of carbonyl (C=O) groups excluding carboxylic acids is 1. The monoisotopic (exact) mass is 391 g/mol. The van der Waals surface area contributed by atoms with E-state index in [2.05, 4.69) is 5.32 Å². The van der Waals surface area contributed by atoms with E-state index < -0.39 is 6.10 Å². The van der Waals surface area contributed by atoms with Gasteiger partial charge in [0.1, 0.15) is 23.9 Å². The summed E-state index contributed by atoms with van der Waals surface area (Å²) in [4.78, 5) is 12.4. The number of hydrogen-bond acceptors (Lipinski definition) is 4. The Labute approximate surface area is 171 Å². The lowest BCUT2D eigenvalue weighted by molar-refractivity contribution is -0.122. The van der Waals surface area contributed by atoms with Gasteiger partial charge in [0.05, 0.1) is 6.61 Å². The Morgan fingerprint density at radius 3 is 2.07 bits per heavy atom. The fraction of sp³-hybridized carbons (Fsp3) is 0.208. The van der Waals surface area contributed by atoms with E-state index in [0.29, 0.717) is 24.7 Å². The number of benzene rings is 3. The van der Waals surface area contributed by atoms with Gasteiger partial charge in [0.2, 0.25) is 0 Å². The number of rotatable bonds is 9. The lowest BCUT2D eigenvalue weighted by atomic mass is 10.2. The molecule has 0 saturated carbocycles. The highest BCUT2D eigenvalue weighted by atomic mass is 16.5.